The molecule has 0 radical (unpaired) electrons. The maximum absolute atomic E-state index is 5.95. The number of ether oxygens (including phenoxy) is 3. The second-order valence-electron chi connectivity index (χ2n) is 10.4. The van der Waals surface area contributed by atoms with Crippen molar-refractivity contribution >= 4 is 34.6 Å². The van der Waals surface area contributed by atoms with Crippen LogP contribution in [-0.4, -0.2) is 42.3 Å². The van der Waals surface area contributed by atoms with Crippen LogP contribution in [0.25, 0.3) is 5.69 Å². The summed E-state index contributed by atoms with van der Waals surface area (Å²) in [4.78, 5) is 12.7. The van der Waals surface area contributed by atoms with E-state index in [1.807, 2.05) is 103 Å². The number of benzene rings is 4. The molecule has 2 aliphatic heterocycles. The third kappa shape index (κ3) is 4.53. The van der Waals surface area contributed by atoms with Crippen LogP contribution < -0.4 is 24.4 Å². The van der Waals surface area contributed by atoms with Gasteiger partial charge in [0.25, 0.3) is 0 Å². The van der Waals surface area contributed by atoms with Crippen molar-refractivity contribution in [3.8, 4) is 22.9 Å². The smallest absolute Gasteiger partial charge is 0.179 e. The second kappa shape index (κ2) is 11.3. The lowest BCUT2D eigenvalue weighted by Crippen LogP contribution is -2.46. The van der Waals surface area contributed by atoms with E-state index in [4.69, 9.17) is 29.3 Å². The van der Waals surface area contributed by atoms with Gasteiger partial charge >= 0.3 is 0 Å². The number of hydrogen-bond donors (Lipinski definition) is 1. The highest BCUT2D eigenvalue weighted by Gasteiger charge is 2.41. The number of fused-ring (bicyclic) bond motifs is 4. The molecule has 0 saturated heterocycles. The molecule has 9 nitrogen and oxygen atoms in total. The predicted molar refractivity (Wildman–Crippen MR) is 174 cm³/mol. The van der Waals surface area contributed by atoms with Gasteiger partial charge in [0.05, 0.1) is 55.3 Å². The van der Waals surface area contributed by atoms with Crippen molar-refractivity contribution in [3.63, 3.8) is 0 Å². The first kappa shape index (κ1) is 27.3. The number of hydrogen-bond acceptors (Lipinski definition) is 8. The molecule has 9 heteroatoms. The van der Waals surface area contributed by atoms with Crippen molar-refractivity contribution < 1.29 is 14.2 Å². The molecular weight excluding hydrogens is 552 g/mol. The van der Waals surface area contributed by atoms with Crippen molar-refractivity contribution in [2.75, 3.05) is 31.0 Å². The molecule has 3 heterocycles. The van der Waals surface area contributed by atoms with Crippen molar-refractivity contribution in [1.82, 2.24) is 9.78 Å². The third-order valence-electron chi connectivity index (χ3n) is 7.80. The Balaban J connectivity index is 1.49. The molecular formula is C35H32N6O3. The minimum atomic E-state index is -0.301. The van der Waals surface area contributed by atoms with Gasteiger partial charge in [-0.15, -0.1) is 0 Å². The number of aryl methyl sites for hydroxylation is 1. The van der Waals surface area contributed by atoms with Gasteiger partial charge in [-0.3, -0.25) is 0 Å². The molecule has 1 aromatic heterocycles. The summed E-state index contributed by atoms with van der Waals surface area (Å²) in [5.41, 5.74) is 6.36. The Morgan fingerprint density at radius 2 is 1.55 bits per heavy atom. The molecule has 44 heavy (non-hydrogen) atoms. The van der Waals surface area contributed by atoms with Crippen LogP contribution in [0, 0.1) is 6.92 Å². The monoisotopic (exact) mass is 584 g/mol. The predicted octanol–water partition coefficient (Wildman–Crippen LogP) is 7.39. The van der Waals surface area contributed by atoms with E-state index in [0.29, 0.717) is 29.8 Å². The van der Waals surface area contributed by atoms with Crippen molar-refractivity contribution in [1.29, 1.82) is 0 Å². The number of amidine groups is 2. The Labute approximate surface area is 256 Å². The van der Waals surface area contributed by atoms with Crippen molar-refractivity contribution in [2.45, 2.75) is 19.9 Å². The molecule has 1 N–H and O–H groups in total. The van der Waals surface area contributed by atoms with E-state index in [1.54, 1.807) is 14.2 Å². The van der Waals surface area contributed by atoms with Gasteiger partial charge in [0.1, 0.15) is 5.75 Å². The number of aromatic nitrogens is 2. The molecule has 0 fully saturated rings. The quantitative estimate of drug-likeness (QED) is 0.215. The fourth-order valence-electron chi connectivity index (χ4n) is 5.86. The number of aliphatic imine (C=N–C) groups is 2. The molecule has 220 valence electrons. The van der Waals surface area contributed by atoms with Crippen LogP contribution in [0.15, 0.2) is 107 Å². The lowest BCUT2D eigenvalue weighted by atomic mass is 9.93. The molecule has 4 aromatic carbocycles. The van der Waals surface area contributed by atoms with E-state index in [2.05, 4.69) is 22.3 Å². The zero-order chi connectivity index (χ0) is 30.2. The van der Waals surface area contributed by atoms with Gasteiger partial charge in [-0.25, -0.2) is 14.7 Å². The first-order valence-electron chi connectivity index (χ1n) is 14.5. The van der Waals surface area contributed by atoms with Crippen LogP contribution >= 0.6 is 0 Å². The fraction of sp³-hybridized carbons (Fsp3) is 0.171. The second-order valence-corrected chi connectivity index (χ2v) is 10.4. The Kier molecular flexibility index (Phi) is 6.98. The number of para-hydroxylation sites is 5. The van der Waals surface area contributed by atoms with Gasteiger partial charge < -0.3 is 24.4 Å². The summed E-state index contributed by atoms with van der Waals surface area (Å²) in [6.45, 7) is 4.55. The summed E-state index contributed by atoms with van der Waals surface area (Å²) in [6.07, 6.45) is 0. The Morgan fingerprint density at radius 3 is 2.34 bits per heavy atom. The standard InChI is InChI=1S/C35H32N6O3/c1-5-44-28-18-12-10-16-26(28)37-33-35-38-34-31(22(2)39-41(34)24-13-7-6-8-14-24)32(23-19-20-29(42-3)30(21-23)43-4)40(35)27-17-11-9-15-25(27)36-33/h6-21,32H,5H2,1-4H3,(H,36,37)/t32-/m1/s1. The first-order valence-corrected chi connectivity index (χ1v) is 14.5. The minimum Gasteiger partial charge on any atom is -0.493 e. The van der Waals surface area contributed by atoms with Gasteiger partial charge in [0, 0.05) is 5.56 Å². The summed E-state index contributed by atoms with van der Waals surface area (Å²) in [6, 6.07) is 31.8. The largest absolute Gasteiger partial charge is 0.493 e. The van der Waals surface area contributed by atoms with Crippen LogP contribution in [-0.2, 0) is 0 Å². The lowest BCUT2D eigenvalue weighted by Gasteiger charge is -2.40. The number of nitrogens with zero attached hydrogens (tertiary/aromatic N) is 5. The maximum Gasteiger partial charge on any atom is 0.179 e. The summed E-state index contributed by atoms with van der Waals surface area (Å²) in [5, 5.41) is 8.58. The Bertz CT molecular complexity index is 1910. The van der Waals surface area contributed by atoms with E-state index in [9.17, 15) is 0 Å². The zero-order valence-electron chi connectivity index (χ0n) is 25.0. The van der Waals surface area contributed by atoms with Crippen LogP contribution in [0.4, 0.5) is 22.9 Å². The number of nitrogens with one attached hydrogen (secondary N) is 1. The van der Waals surface area contributed by atoms with Crippen molar-refractivity contribution in [3.05, 3.63) is 114 Å². The highest BCUT2D eigenvalue weighted by Crippen LogP contribution is 2.49. The van der Waals surface area contributed by atoms with Crippen LogP contribution in [0.5, 0.6) is 17.2 Å². The van der Waals surface area contributed by atoms with Gasteiger partial charge in [-0.05, 0) is 67.9 Å². The summed E-state index contributed by atoms with van der Waals surface area (Å²) < 4.78 is 19.2. The first-order chi connectivity index (χ1) is 21.6. The van der Waals surface area contributed by atoms with Gasteiger partial charge in [0.2, 0.25) is 0 Å². The molecule has 2 aliphatic rings. The minimum absolute atomic E-state index is 0.301. The number of rotatable bonds is 7. The molecule has 0 saturated carbocycles. The number of anilines is 2. The highest BCUT2D eigenvalue weighted by atomic mass is 16.5. The maximum atomic E-state index is 5.95. The van der Waals surface area contributed by atoms with Crippen LogP contribution in [0.2, 0.25) is 0 Å². The summed E-state index contributed by atoms with van der Waals surface area (Å²) in [7, 11) is 3.30. The molecule has 0 bridgehead atoms. The zero-order valence-corrected chi connectivity index (χ0v) is 25.0. The van der Waals surface area contributed by atoms with E-state index in [1.165, 1.54) is 0 Å². The topological polar surface area (TPSA) is 85.5 Å². The lowest BCUT2D eigenvalue weighted by molar-refractivity contribution is 0.342. The Hall–Kier alpha value is -5.57. The average Bonchev–Trinajstić information content (AvgIpc) is 3.40. The molecule has 0 spiro atoms. The SMILES string of the molecule is CCOc1ccccc1NC1=Nc2ccccc2N2C1=Nc1c(c(C)nn1-c1ccccc1)[C@H]2c1ccc(OC)c(OC)c1. The van der Waals surface area contributed by atoms with E-state index in [-0.39, 0.29) is 6.04 Å². The molecule has 0 amide bonds. The highest BCUT2D eigenvalue weighted by molar-refractivity contribution is 6.51. The van der Waals surface area contributed by atoms with E-state index < -0.39 is 0 Å². The fourth-order valence-corrected chi connectivity index (χ4v) is 5.86. The molecule has 1 atom stereocenters. The number of methoxy groups -OCH3 is 2. The van der Waals surface area contributed by atoms with Crippen LogP contribution in [0.3, 0.4) is 0 Å². The normalized spacial score (nSPS) is 14.9. The third-order valence-corrected chi connectivity index (χ3v) is 7.80. The van der Waals surface area contributed by atoms with Gasteiger partial charge in [-0.2, -0.15) is 5.10 Å². The Morgan fingerprint density at radius 1 is 0.795 bits per heavy atom. The van der Waals surface area contributed by atoms with Crippen LogP contribution in [0.1, 0.15) is 29.8 Å². The van der Waals surface area contributed by atoms with Gasteiger partial charge in [0.15, 0.2) is 29.0 Å². The van der Waals surface area contributed by atoms with E-state index in [0.717, 1.165) is 51.1 Å². The summed E-state index contributed by atoms with van der Waals surface area (Å²) in [5.74, 6) is 4.05. The molecule has 7 rings (SSSR count). The molecule has 0 unspecified atom stereocenters. The van der Waals surface area contributed by atoms with Crippen molar-refractivity contribution in [2.24, 2.45) is 9.98 Å². The van der Waals surface area contributed by atoms with E-state index >= 15 is 0 Å². The van der Waals surface area contributed by atoms with Gasteiger partial charge in [-0.1, -0.05) is 48.5 Å². The summed E-state index contributed by atoms with van der Waals surface area (Å²) >= 11 is 0. The molecule has 0 aliphatic carbocycles. The molecule has 5 aromatic rings. The average molecular weight is 585 g/mol.